The number of fused-ring (bicyclic) bond motifs is 2. The van der Waals surface area contributed by atoms with Gasteiger partial charge in [-0.05, 0) is 39.5 Å². The van der Waals surface area contributed by atoms with Crippen LogP contribution >= 0.6 is 11.3 Å². The first kappa shape index (κ1) is 14.0. The van der Waals surface area contributed by atoms with Gasteiger partial charge in [-0.25, -0.2) is 4.98 Å². The quantitative estimate of drug-likeness (QED) is 0.932. The summed E-state index contributed by atoms with van der Waals surface area (Å²) in [7, 11) is 0. The van der Waals surface area contributed by atoms with Crippen molar-refractivity contribution in [1.82, 2.24) is 9.88 Å². The van der Waals surface area contributed by atoms with Crippen molar-refractivity contribution < 1.29 is 9.90 Å². The van der Waals surface area contributed by atoms with Crippen LogP contribution in [0.5, 0.6) is 0 Å². The number of carbonyl (C=O) groups is 1. The number of hydrogen-bond acceptors (Lipinski definition) is 4. The molecule has 3 heterocycles. The fraction of sp³-hybridized carbons (Fsp3) is 0.733. The SMILES string of the molecule is CC[C@]1(CO)C[C@H]2CC[C@@H]1N2C(=O)c1sc(C)nc1C. The Labute approximate surface area is 123 Å². The number of aromatic nitrogens is 1. The van der Waals surface area contributed by atoms with Gasteiger partial charge in [0, 0.05) is 17.5 Å². The average Bonchev–Trinajstić information content (AvgIpc) is 3.09. The molecule has 4 nitrogen and oxygen atoms in total. The third kappa shape index (κ3) is 1.83. The highest BCUT2D eigenvalue weighted by atomic mass is 32.1. The molecule has 0 aliphatic carbocycles. The van der Waals surface area contributed by atoms with Gasteiger partial charge >= 0.3 is 0 Å². The Balaban J connectivity index is 1.92. The van der Waals surface area contributed by atoms with E-state index in [4.69, 9.17) is 0 Å². The minimum absolute atomic E-state index is 0.0772. The van der Waals surface area contributed by atoms with Gasteiger partial charge in [-0.15, -0.1) is 11.3 Å². The first-order chi connectivity index (χ1) is 9.52. The average molecular weight is 294 g/mol. The van der Waals surface area contributed by atoms with Crippen LogP contribution in [-0.4, -0.2) is 39.6 Å². The van der Waals surface area contributed by atoms with Crippen LogP contribution in [-0.2, 0) is 0 Å². The molecule has 0 radical (unpaired) electrons. The van der Waals surface area contributed by atoms with E-state index in [9.17, 15) is 9.90 Å². The lowest BCUT2D eigenvalue weighted by atomic mass is 9.72. The molecule has 2 saturated heterocycles. The first-order valence-corrected chi connectivity index (χ1v) is 8.21. The lowest BCUT2D eigenvalue weighted by Crippen LogP contribution is -2.42. The fourth-order valence-corrected chi connectivity index (χ4v) is 4.97. The van der Waals surface area contributed by atoms with E-state index in [0.29, 0.717) is 6.04 Å². The topological polar surface area (TPSA) is 53.4 Å². The first-order valence-electron chi connectivity index (χ1n) is 7.40. The summed E-state index contributed by atoms with van der Waals surface area (Å²) in [6, 6.07) is 0.512. The molecule has 3 atom stereocenters. The van der Waals surface area contributed by atoms with Crippen LogP contribution in [0.15, 0.2) is 0 Å². The highest BCUT2D eigenvalue weighted by Crippen LogP contribution is 2.52. The Morgan fingerprint density at radius 1 is 1.50 bits per heavy atom. The van der Waals surface area contributed by atoms with Crippen LogP contribution in [0.1, 0.15) is 53.0 Å². The fourth-order valence-electron chi connectivity index (χ4n) is 4.11. The number of aliphatic hydroxyl groups excluding tert-OH is 1. The Morgan fingerprint density at radius 2 is 2.25 bits per heavy atom. The number of carbonyl (C=O) groups excluding carboxylic acids is 1. The van der Waals surface area contributed by atoms with Crippen molar-refractivity contribution in [2.24, 2.45) is 5.41 Å². The molecule has 2 aliphatic rings. The molecule has 1 amide bonds. The van der Waals surface area contributed by atoms with Gasteiger partial charge in [0.05, 0.1) is 17.3 Å². The molecule has 2 bridgehead atoms. The van der Waals surface area contributed by atoms with Crippen molar-refractivity contribution in [3.05, 3.63) is 15.6 Å². The molecule has 0 aromatic carbocycles. The minimum atomic E-state index is -0.0772. The van der Waals surface area contributed by atoms with Crippen LogP contribution in [0.4, 0.5) is 0 Å². The second-order valence-corrected chi connectivity index (χ2v) is 7.39. The molecule has 0 unspecified atom stereocenters. The van der Waals surface area contributed by atoms with Crippen molar-refractivity contribution in [1.29, 1.82) is 0 Å². The van der Waals surface area contributed by atoms with Crippen molar-refractivity contribution in [3.8, 4) is 0 Å². The summed E-state index contributed by atoms with van der Waals surface area (Å²) in [5.74, 6) is 0.129. The highest BCUT2D eigenvalue weighted by Gasteiger charge is 2.56. The number of aliphatic hydroxyl groups is 1. The Morgan fingerprint density at radius 3 is 2.75 bits per heavy atom. The minimum Gasteiger partial charge on any atom is -0.396 e. The molecular formula is C15H22N2O2S. The molecule has 1 aromatic rings. The number of rotatable bonds is 3. The predicted octanol–water partition coefficient (Wildman–Crippen LogP) is 2.53. The largest absolute Gasteiger partial charge is 0.396 e. The zero-order chi connectivity index (χ0) is 14.5. The summed E-state index contributed by atoms with van der Waals surface area (Å²) in [4.78, 5) is 20.1. The maximum Gasteiger partial charge on any atom is 0.266 e. The Bertz CT molecular complexity index is 536. The van der Waals surface area contributed by atoms with Crippen LogP contribution in [0.25, 0.3) is 0 Å². The van der Waals surface area contributed by atoms with E-state index >= 15 is 0 Å². The lowest BCUT2D eigenvalue weighted by molar-refractivity contribution is 0.0560. The number of aryl methyl sites for hydroxylation is 2. The molecule has 0 spiro atoms. The molecular weight excluding hydrogens is 272 g/mol. The van der Waals surface area contributed by atoms with Crippen molar-refractivity contribution >= 4 is 17.2 Å². The third-order valence-corrected chi connectivity index (χ3v) is 6.26. The van der Waals surface area contributed by atoms with E-state index in [1.54, 1.807) is 0 Å². The molecule has 3 rings (SSSR count). The molecule has 0 saturated carbocycles. The summed E-state index contributed by atoms with van der Waals surface area (Å²) in [5, 5.41) is 10.8. The van der Waals surface area contributed by atoms with Crippen LogP contribution < -0.4 is 0 Å². The standard InChI is InChI=1S/C15H22N2O2S/c1-4-15(8-18)7-11-5-6-12(15)17(11)14(19)13-9(2)16-10(3)20-13/h11-12,18H,4-8H2,1-3H3/t11-,12+,15-/m1/s1. The van der Waals surface area contributed by atoms with E-state index in [1.165, 1.54) is 11.3 Å². The molecule has 20 heavy (non-hydrogen) atoms. The van der Waals surface area contributed by atoms with Crippen molar-refractivity contribution in [3.63, 3.8) is 0 Å². The normalized spacial score (nSPS) is 32.1. The van der Waals surface area contributed by atoms with Crippen LogP contribution in [0.2, 0.25) is 0 Å². The summed E-state index contributed by atoms with van der Waals surface area (Å²) in [6.07, 6.45) is 4.00. The summed E-state index contributed by atoms with van der Waals surface area (Å²) in [6.45, 7) is 6.17. The monoisotopic (exact) mass is 294 g/mol. The van der Waals surface area contributed by atoms with Gasteiger partial charge < -0.3 is 10.0 Å². The molecule has 2 fully saturated rings. The van der Waals surface area contributed by atoms with Crippen LogP contribution in [0, 0.1) is 19.3 Å². The zero-order valence-electron chi connectivity index (χ0n) is 12.3. The van der Waals surface area contributed by atoms with Crippen molar-refractivity contribution in [2.45, 2.75) is 58.5 Å². The van der Waals surface area contributed by atoms with Crippen LogP contribution in [0.3, 0.4) is 0 Å². The summed E-state index contributed by atoms with van der Waals surface area (Å²) in [5.41, 5.74) is 0.765. The van der Waals surface area contributed by atoms with Gasteiger partial charge in [-0.2, -0.15) is 0 Å². The van der Waals surface area contributed by atoms with Gasteiger partial charge in [-0.1, -0.05) is 6.92 Å². The maximum atomic E-state index is 12.9. The van der Waals surface area contributed by atoms with E-state index < -0.39 is 0 Å². The Kier molecular flexibility index (Phi) is 3.37. The maximum absolute atomic E-state index is 12.9. The molecule has 2 aliphatic heterocycles. The number of nitrogens with zero attached hydrogens (tertiary/aromatic N) is 2. The summed E-state index contributed by atoms with van der Waals surface area (Å²) >= 11 is 1.49. The number of thiazole rings is 1. The molecule has 5 heteroatoms. The predicted molar refractivity (Wildman–Crippen MR) is 79.0 cm³/mol. The lowest BCUT2D eigenvalue weighted by Gasteiger charge is -2.34. The second-order valence-electron chi connectivity index (χ2n) is 6.18. The smallest absolute Gasteiger partial charge is 0.266 e. The van der Waals surface area contributed by atoms with Crippen molar-refractivity contribution in [2.75, 3.05) is 6.61 Å². The van der Waals surface area contributed by atoms with Gasteiger partial charge in [0.1, 0.15) is 4.88 Å². The molecule has 1 aromatic heterocycles. The molecule has 110 valence electrons. The van der Waals surface area contributed by atoms with Gasteiger partial charge in [0.2, 0.25) is 0 Å². The highest BCUT2D eigenvalue weighted by molar-refractivity contribution is 7.13. The third-order valence-electron chi connectivity index (χ3n) is 5.20. The van der Waals surface area contributed by atoms with Gasteiger partial charge in [0.25, 0.3) is 5.91 Å². The molecule has 1 N–H and O–H groups in total. The second kappa shape index (κ2) is 4.81. The Hall–Kier alpha value is -0.940. The number of hydrogen-bond donors (Lipinski definition) is 1. The van der Waals surface area contributed by atoms with E-state index in [2.05, 4.69) is 16.8 Å². The summed E-state index contributed by atoms with van der Waals surface area (Å²) < 4.78 is 0. The van der Waals surface area contributed by atoms with E-state index in [1.807, 2.05) is 13.8 Å². The van der Waals surface area contributed by atoms with Gasteiger partial charge in [0.15, 0.2) is 0 Å². The van der Waals surface area contributed by atoms with Gasteiger partial charge in [-0.3, -0.25) is 4.79 Å². The van der Waals surface area contributed by atoms with E-state index in [0.717, 1.165) is 41.3 Å². The zero-order valence-corrected chi connectivity index (χ0v) is 13.2. The number of amides is 1. The van der Waals surface area contributed by atoms with E-state index in [-0.39, 0.29) is 24.0 Å².